The summed E-state index contributed by atoms with van der Waals surface area (Å²) in [6.45, 7) is 4.41. The van der Waals surface area contributed by atoms with E-state index in [-0.39, 0.29) is 6.42 Å². The van der Waals surface area contributed by atoms with Gasteiger partial charge in [0.1, 0.15) is 6.10 Å². The van der Waals surface area contributed by atoms with Crippen LogP contribution in [-0.4, -0.2) is 53.1 Å². The minimum atomic E-state index is -4.45. The molecule has 0 fully saturated rings. The summed E-state index contributed by atoms with van der Waals surface area (Å²) in [4.78, 5) is 12.5. The summed E-state index contributed by atoms with van der Waals surface area (Å²) < 4.78 is 32.3. The van der Waals surface area contributed by atoms with Crippen LogP contribution in [0.5, 0.6) is 0 Å². The largest absolute Gasteiger partial charge is 0.387 e. The highest BCUT2D eigenvalue weighted by Crippen LogP contribution is 2.15. The van der Waals surface area contributed by atoms with Crippen molar-refractivity contribution in [1.82, 2.24) is 5.32 Å². The maximum atomic E-state index is 12.5. The minimum absolute atomic E-state index is 0.274. The van der Waals surface area contributed by atoms with Crippen LogP contribution in [0.1, 0.15) is 168 Å². The van der Waals surface area contributed by atoms with Crippen molar-refractivity contribution in [3.63, 3.8) is 0 Å². The molecule has 0 rings (SSSR count). The predicted molar refractivity (Wildman–Crippen MR) is 190 cm³/mol. The Bertz CT molecular complexity index is 870. The van der Waals surface area contributed by atoms with Gasteiger partial charge in [0.15, 0.2) is 0 Å². The third-order valence-electron chi connectivity index (χ3n) is 8.14. The summed E-state index contributed by atoms with van der Waals surface area (Å²) in [5.74, 6) is -1.56. The van der Waals surface area contributed by atoms with Crippen LogP contribution < -0.4 is 5.32 Å². The highest BCUT2D eigenvalue weighted by Gasteiger charge is 2.27. The Hall–Kier alpha value is -1.48. The zero-order chi connectivity index (χ0) is 33.4. The number of rotatable bonds is 32. The lowest BCUT2D eigenvalue weighted by Gasteiger charge is -2.22. The maximum Gasteiger partial charge on any atom is 0.267 e. The highest BCUT2D eigenvalue weighted by molar-refractivity contribution is 7.85. The second-order valence-corrected chi connectivity index (χ2v) is 14.1. The van der Waals surface area contributed by atoms with Crippen molar-refractivity contribution in [2.24, 2.45) is 0 Å². The molecule has 0 aliphatic heterocycles. The van der Waals surface area contributed by atoms with Crippen LogP contribution in [0.2, 0.25) is 0 Å². The lowest BCUT2D eigenvalue weighted by atomic mass is 10.0. The fourth-order valence-electron chi connectivity index (χ4n) is 5.32. The molecule has 0 aliphatic carbocycles. The fraction of sp³-hybridized carbons (Fsp3) is 0.811. The van der Waals surface area contributed by atoms with Crippen LogP contribution in [0.3, 0.4) is 0 Å². The van der Waals surface area contributed by atoms with Crippen LogP contribution in [0, 0.1) is 0 Å². The van der Waals surface area contributed by atoms with Crippen molar-refractivity contribution in [1.29, 1.82) is 0 Å². The summed E-state index contributed by atoms with van der Waals surface area (Å²) in [5, 5.41) is 23.2. The zero-order valence-electron chi connectivity index (χ0n) is 28.8. The molecule has 3 unspecified atom stereocenters. The van der Waals surface area contributed by atoms with Gasteiger partial charge in [-0.25, -0.2) is 0 Å². The molecule has 0 heterocycles. The van der Waals surface area contributed by atoms with Gasteiger partial charge in [0.25, 0.3) is 10.1 Å². The van der Waals surface area contributed by atoms with E-state index < -0.39 is 40.0 Å². The van der Waals surface area contributed by atoms with Gasteiger partial charge in [-0.1, -0.05) is 166 Å². The van der Waals surface area contributed by atoms with Gasteiger partial charge in [-0.05, 0) is 38.5 Å². The first kappa shape index (κ1) is 43.5. The monoisotopic (exact) mass is 655 g/mol. The standard InChI is InChI=1S/C37H69NO6S/c1-3-5-7-9-11-13-15-16-17-18-19-20-22-24-26-28-30-32-36(40)37(41)38-34(33-45(42,43)44)35(39)31-29-27-25-23-21-14-12-10-8-6-4-2/h8,10,21,23,29,31,34-36,39-40H,3-7,9,11-20,22,24-28,30,32-33H2,1-2H3,(H,38,41)(H,42,43,44)/b10-8+,23-21+,31-29+. The van der Waals surface area contributed by atoms with Crippen LogP contribution in [0.15, 0.2) is 36.5 Å². The Morgan fingerprint density at radius 1 is 0.600 bits per heavy atom. The van der Waals surface area contributed by atoms with E-state index >= 15 is 0 Å². The summed E-state index contributed by atoms with van der Waals surface area (Å²) in [5.41, 5.74) is 0. The first-order valence-corrected chi connectivity index (χ1v) is 19.9. The highest BCUT2D eigenvalue weighted by atomic mass is 32.2. The summed E-state index contributed by atoms with van der Waals surface area (Å²) in [7, 11) is -4.45. The molecule has 4 N–H and O–H groups in total. The zero-order valence-corrected chi connectivity index (χ0v) is 29.7. The van der Waals surface area contributed by atoms with Gasteiger partial charge in [0, 0.05) is 0 Å². The van der Waals surface area contributed by atoms with Gasteiger partial charge in [-0.2, -0.15) is 8.42 Å². The average Bonchev–Trinajstić information content (AvgIpc) is 3.00. The predicted octanol–water partition coefficient (Wildman–Crippen LogP) is 9.15. The van der Waals surface area contributed by atoms with Crippen molar-refractivity contribution in [2.75, 3.05) is 5.75 Å². The first-order chi connectivity index (χ1) is 21.7. The van der Waals surface area contributed by atoms with Crippen molar-refractivity contribution in [3.05, 3.63) is 36.5 Å². The molecule has 3 atom stereocenters. The maximum absolute atomic E-state index is 12.5. The molecule has 0 aromatic carbocycles. The van der Waals surface area contributed by atoms with E-state index in [4.69, 9.17) is 0 Å². The molecular weight excluding hydrogens is 586 g/mol. The Kier molecular flexibility index (Phi) is 30.1. The molecule has 8 heteroatoms. The van der Waals surface area contributed by atoms with Crippen LogP contribution >= 0.6 is 0 Å². The molecule has 0 bridgehead atoms. The van der Waals surface area contributed by atoms with Gasteiger partial charge >= 0.3 is 0 Å². The number of nitrogens with one attached hydrogen (secondary N) is 1. The fourth-order valence-corrected chi connectivity index (χ4v) is 6.05. The smallest absolute Gasteiger partial charge is 0.267 e. The summed E-state index contributed by atoms with van der Waals surface area (Å²) in [6.07, 6.45) is 36.4. The van der Waals surface area contributed by atoms with Gasteiger partial charge in [0.05, 0.1) is 17.9 Å². The number of hydrogen-bond donors (Lipinski definition) is 4. The van der Waals surface area contributed by atoms with Gasteiger partial charge < -0.3 is 15.5 Å². The molecule has 0 aromatic rings. The number of carbonyl (C=O) groups is 1. The van der Waals surface area contributed by atoms with E-state index in [1.54, 1.807) is 6.08 Å². The Balaban J connectivity index is 4.10. The Morgan fingerprint density at radius 2 is 1.00 bits per heavy atom. The molecule has 0 spiro atoms. The Labute approximate surface area is 277 Å². The molecule has 0 aromatic heterocycles. The normalized spacial score (nSPS) is 14.5. The molecule has 0 aliphatic rings. The number of amides is 1. The number of unbranched alkanes of at least 4 members (excludes halogenated alkanes) is 19. The van der Waals surface area contributed by atoms with Crippen molar-refractivity contribution < 1.29 is 28.0 Å². The average molecular weight is 656 g/mol. The lowest BCUT2D eigenvalue weighted by molar-refractivity contribution is -0.130. The molecule has 0 saturated carbocycles. The van der Waals surface area contributed by atoms with Gasteiger partial charge in [0.2, 0.25) is 5.91 Å². The first-order valence-electron chi connectivity index (χ1n) is 18.3. The van der Waals surface area contributed by atoms with E-state index in [2.05, 4.69) is 43.5 Å². The molecule has 0 saturated heterocycles. The van der Waals surface area contributed by atoms with E-state index in [1.807, 2.05) is 0 Å². The number of carbonyl (C=O) groups excluding carboxylic acids is 1. The number of allylic oxidation sites excluding steroid dienone is 5. The molecule has 0 radical (unpaired) electrons. The van der Waals surface area contributed by atoms with E-state index in [0.29, 0.717) is 12.8 Å². The Morgan fingerprint density at radius 3 is 1.42 bits per heavy atom. The van der Waals surface area contributed by atoms with E-state index in [9.17, 15) is 28.0 Å². The quantitative estimate of drug-likeness (QED) is 0.0326. The van der Waals surface area contributed by atoms with E-state index in [0.717, 1.165) is 51.4 Å². The third kappa shape index (κ3) is 30.9. The van der Waals surface area contributed by atoms with Crippen LogP contribution in [-0.2, 0) is 14.9 Å². The molecule has 264 valence electrons. The minimum Gasteiger partial charge on any atom is -0.387 e. The van der Waals surface area contributed by atoms with Crippen LogP contribution in [0.4, 0.5) is 0 Å². The van der Waals surface area contributed by atoms with Crippen molar-refractivity contribution >= 4 is 16.0 Å². The van der Waals surface area contributed by atoms with Gasteiger partial charge in [-0.15, -0.1) is 0 Å². The number of aliphatic hydroxyl groups excluding tert-OH is 2. The summed E-state index contributed by atoms with van der Waals surface area (Å²) >= 11 is 0. The number of hydrogen-bond acceptors (Lipinski definition) is 5. The van der Waals surface area contributed by atoms with Gasteiger partial charge in [-0.3, -0.25) is 9.35 Å². The lowest BCUT2D eigenvalue weighted by Crippen LogP contribution is -2.50. The van der Waals surface area contributed by atoms with Crippen molar-refractivity contribution in [2.45, 2.75) is 186 Å². The second-order valence-electron chi connectivity index (χ2n) is 12.6. The van der Waals surface area contributed by atoms with E-state index in [1.165, 1.54) is 89.5 Å². The summed E-state index contributed by atoms with van der Waals surface area (Å²) in [6, 6.07) is -1.25. The molecule has 45 heavy (non-hydrogen) atoms. The molecule has 7 nitrogen and oxygen atoms in total. The second kappa shape index (κ2) is 31.1. The number of aliphatic hydroxyl groups is 2. The third-order valence-corrected chi connectivity index (χ3v) is 8.92. The SMILES string of the molecule is CCC/C=C/CC/C=C/CC/C=C/C(O)C(CS(=O)(=O)O)NC(=O)C(O)CCCCCCCCCCCCCCCCCCC. The molecular formula is C37H69NO6S. The molecule has 1 amide bonds. The topological polar surface area (TPSA) is 124 Å². The van der Waals surface area contributed by atoms with Crippen molar-refractivity contribution in [3.8, 4) is 0 Å². The van der Waals surface area contributed by atoms with Crippen LogP contribution in [0.25, 0.3) is 0 Å².